The van der Waals surface area contributed by atoms with E-state index < -0.39 is 9.84 Å². The topological polar surface area (TPSA) is 104 Å². The van der Waals surface area contributed by atoms with Crippen LogP contribution in [0.1, 0.15) is 33.9 Å². The van der Waals surface area contributed by atoms with Crippen LogP contribution in [0.3, 0.4) is 0 Å². The van der Waals surface area contributed by atoms with Gasteiger partial charge in [-0.3, -0.25) is 14.2 Å². The van der Waals surface area contributed by atoms with E-state index in [1.54, 1.807) is 6.07 Å². The number of hydrogen-bond donors (Lipinski definition) is 0. The molecule has 8 nitrogen and oxygen atoms in total. The summed E-state index contributed by atoms with van der Waals surface area (Å²) in [4.78, 5) is 29.7. The van der Waals surface area contributed by atoms with Gasteiger partial charge in [0.15, 0.2) is 21.3 Å². The summed E-state index contributed by atoms with van der Waals surface area (Å²) in [5.41, 5.74) is 2.49. The molecular weight excluding hydrogens is 380 g/mol. The number of ketones is 1. The van der Waals surface area contributed by atoms with Gasteiger partial charge in [0, 0.05) is 5.56 Å². The summed E-state index contributed by atoms with van der Waals surface area (Å²) in [5, 5.41) is 4.48. The number of hydrogen-bond acceptors (Lipinski definition) is 6. The van der Waals surface area contributed by atoms with Gasteiger partial charge in [-0.25, -0.2) is 18.1 Å². The van der Waals surface area contributed by atoms with Crippen molar-refractivity contribution in [2.24, 2.45) is 0 Å². The zero-order valence-corrected chi connectivity index (χ0v) is 16.4. The number of benzene rings is 1. The van der Waals surface area contributed by atoms with E-state index >= 15 is 0 Å². The van der Waals surface area contributed by atoms with Crippen LogP contribution in [-0.2, 0) is 16.4 Å². The zero-order chi connectivity index (χ0) is 20.1. The highest BCUT2D eigenvalue weighted by Crippen LogP contribution is 2.25. The van der Waals surface area contributed by atoms with Gasteiger partial charge >= 0.3 is 0 Å². The minimum absolute atomic E-state index is 0.000266. The van der Waals surface area contributed by atoms with Crippen LogP contribution in [0.2, 0.25) is 0 Å². The molecule has 9 heteroatoms. The third kappa shape index (κ3) is 3.26. The summed E-state index contributed by atoms with van der Waals surface area (Å²) in [6.45, 7) is 3.70. The SMILES string of the molecule is Cc1ccc(C(=O)Cn2cnc3c(cnn3[C@@H]3CCS(=O)(=O)C3)c2=O)c(C)c1. The molecule has 0 unspecified atom stereocenters. The molecule has 2 aromatic heterocycles. The van der Waals surface area contributed by atoms with E-state index in [-0.39, 0.29) is 40.8 Å². The van der Waals surface area contributed by atoms with Crippen molar-refractivity contribution >= 4 is 26.7 Å². The second-order valence-electron chi connectivity index (χ2n) is 7.30. The molecule has 1 aliphatic rings. The molecule has 0 radical (unpaired) electrons. The van der Waals surface area contributed by atoms with Gasteiger partial charge in [-0.05, 0) is 25.8 Å². The largest absolute Gasteiger partial charge is 0.292 e. The van der Waals surface area contributed by atoms with Crippen LogP contribution in [0.25, 0.3) is 11.0 Å². The van der Waals surface area contributed by atoms with Gasteiger partial charge in [-0.2, -0.15) is 5.10 Å². The van der Waals surface area contributed by atoms with Gasteiger partial charge in [0.2, 0.25) is 0 Å². The Morgan fingerprint density at radius 1 is 1.29 bits per heavy atom. The van der Waals surface area contributed by atoms with E-state index in [2.05, 4.69) is 10.1 Å². The van der Waals surface area contributed by atoms with Crippen molar-refractivity contribution in [2.75, 3.05) is 11.5 Å². The Labute approximate surface area is 161 Å². The highest BCUT2D eigenvalue weighted by molar-refractivity contribution is 7.91. The first-order valence-electron chi connectivity index (χ1n) is 8.99. The molecule has 1 saturated heterocycles. The zero-order valence-electron chi connectivity index (χ0n) is 15.6. The first-order valence-corrected chi connectivity index (χ1v) is 10.8. The van der Waals surface area contributed by atoms with Crippen LogP contribution in [-0.4, -0.2) is 45.0 Å². The maximum atomic E-state index is 12.8. The van der Waals surface area contributed by atoms with Gasteiger partial charge in [0.1, 0.15) is 11.7 Å². The average Bonchev–Trinajstić information content (AvgIpc) is 3.20. The van der Waals surface area contributed by atoms with E-state index in [4.69, 9.17) is 0 Å². The predicted octanol–water partition coefficient (Wildman–Crippen LogP) is 1.45. The van der Waals surface area contributed by atoms with Gasteiger partial charge < -0.3 is 0 Å². The van der Waals surface area contributed by atoms with E-state index in [1.165, 1.54) is 21.8 Å². The van der Waals surface area contributed by atoms with E-state index in [9.17, 15) is 18.0 Å². The maximum absolute atomic E-state index is 12.8. The Morgan fingerprint density at radius 2 is 2.07 bits per heavy atom. The Hall–Kier alpha value is -2.81. The molecule has 3 aromatic rings. The molecule has 0 spiro atoms. The number of aryl methyl sites for hydroxylation is 2. The smallest absolute Gasteiger partial charge is 0.264 e. The van der Waals surface area contributed by atoms with Crippen molar-refractivity contribution in [1.82, 2.24) is 19.3 Å². The molecular formula is C19H20N4O4S. The first-order chi connectivity index (χ1) is 13.2. The van der Waals surface area contributed by atoms with E-state index in [0.29, 0.717) is 17.6 Å². The fourth-order valence-corrected chi connectivity index (χ4v) is 5.37. The number of Topliss-reactive ketones (excluding diaryl/α,β-unsaturated/α-hetero) is 1. The molecule has 4 rings (SSSR count). The highest BCUT2D eigenvalue weighted by Gasteiger charge is 2.31. The molecule has 0 bridgehead atoms. The minimum atomic E-state index is -3.08. The molecule has 146 valence electrons. The molecule has 0 N–H and O–H groups in total. The first kappa shape index (κ1) is 18.5. The highest BCUT2D eigenvalue weighted by atomic mass is 32.2. The Kier molecular flexibility index (Phi) is 4.41. The van der Waals surface area contributed by atoms with Crippen molar-refractivity contribution < 1.29 is 13.2 Å². The second kappa shape index (κ2) is 6.66. The summed E-state index contributed by atoms with van der Waals surface area (Å²) in [5.74, 6) is -0.0599. The van der Waals surface area contributed by atoms with Crippen LogP contribution < -0.4 is 5.56 Å². The van der Waals surface area contributed by atoms with Gasteiger partial charge in [-0.1, -0.05) is 23.8 Å². The Bertz CT molecular complexity index is 1260. The summed E-state index contributed by atoms with van der Waals surface area (Å²) >= 11 is 0. The molecule has 0 aliphatic carbocycles. The van der Waals surface area contributed by atoms with E-state index in [1.807, 2.05) is 26.0 Å². The average molecular weight is 400 g/mol. The normalized spacial score (nSPS) is 18.6. The maximum Gasteiger partial charge on any atom is 0.264 e. The van der Waals surface area contributed by atoms with Crippen molar-refractivity contribution in [3.63, 3.8) is 0 Å². The molecule has 1 aromatic carbocycles. The fraction of sp³-hybridized carbons (Fsp3) is 0.368. The number of fused-ring (bicyclic) bond motifs is 1. The number of carbonyl (C=O) groups is 1. The molecule has 0 saturated carbocycles. The van der Waals surface area contributed by atoms with Gasteiger partial charge in [0.05, 0.1) is 30.3 Å². The van der Waals surface area contributed by atoms with Crippen LogP contribution >= 0.6 is 0 Å². The number of carbonyl (C=O) groups excluding carboxylic acids is 1. The van der Waals surface area contributed by atoms with Crippen LogP contribution in [0.15, 0.2) is 35.5 Å². The lowest BCUT2D eigenvalue weighted by atomic mass is 10.0. The number of nitrogens with zero attached hydrogens (tertiary/aromatic N) is 4. The molecule has 1 atom stereocenters. The molecule has 3 heterocycles. The van der Waals surface area contributed by atoms with Crippen molar-refractivity contribution in [3.05, 3.63) is 57.8 Å². The summed E-state index contributed by atoms with van der Waals surface area (Å²) < 4.78 is 26.2. The summed E-state index contributed by atoms with van der Waals surface area (Å²) in [6, 6.07) is 5.24. The fourth-order valence-electron chi connectivity index (χ4n) is 3.68. The lowest BCUT2D eigenvalue weighted by Gasteiger charge is -2.10. The van der Waals surface area contributed by atoms with Crippen LogP contribution in [0, 0.1) is 13.8 Å². The standard InChI is InChI=1S/C19H20N4O4S/c1-12-3-4-15(13(2)7-12)17(24)9-22-11-20-18-16(19(22)25)8-21-23(18)14-5-6-28(26,27)10-14/h3-4,7-8,11,14H,5-6,9-10H2,1-2H3/t14-/m1/s1. The molecule has 0 amide bonds. The van der Waals surface area contributed by atoms with Crippen LogP contribution in [0.5, 0.6) is 0 Å². The molecule has 1 fully saturated rings. The Balaban J connectivity index is 1.66. The minimum Gasteiger partial charge on any atom is -0.292 e. The molecule has 1 aliphatic heterocycles. The predicted molar refractivity (Wildman–Crippen MR) is 104 cm³/mol. The van der Waals surface area contributed by atoms with Crippen molar-refractivity contribution in [2.45, 2.75) is 32.9 Å². The second-order valence-corrected chi connectivity index (χ2v) is 9.53. The third-order valence-corrected chi connectivity index (χ3v) is 6.88. The summed E-state index contributed by atoms with van der Waals surface area (Å²) in [6.07, 6.45) is 3.18. The van der Waals surface area contributed by atoms with Gasteiger partial charge in [0.25, 0.3) is 5.56 Å². The number of sulfone groups is 1. The third-order valence-electron chi connectivity index (χ3n) is 5.13. The van der Waals surface area contributed by atoms with E-state index in [0.717, 1.165) is 11.1 Å². The van der Waals surface area contributed by atoms with Crippen molar-refractivity contribution in [1.29, 1.82) is 0 Å². The Morgan fingerprint density at radius 3 is 2.75 bits per heavy atom. The number of rotatable bonds is 4. The van der Waals surface area contributed by atoms with Crippen molar-refractivity contribution in [3.8, 4) is 0 Å². The lowest BCUT2D eigenvalue weighted by Crippen LogP contribution is -2.25. The summed E-state index contributed by atoms with van der Waals surface area (Å²) in [7, 11) is -3.08. The van der Waals surface area contributed by atoms with Gasteiger partial charge in [-0.15, -0.1) is 0 Å². The number of aromatic nitrogens is 4. The molecule has 28 heavy (non-hydrogen) atoms. The van der Waals surface area contributed by atoms with Crippen LogP contribution in [0.4, 0.5) is 0 Å². The monoisotopic (exact) mass is 400 g/mol. The lowest BCUT2D eigenvalue weighted by molar-refractivity contribution is 0.0970. The quantitative estimate of drug-likeness (QED) is 0.614.